The first-order valence-electron chi connectivity index (χ1n) is 6.06. The summed E-state index contributed by atoms with van der Waals surface area (Å²) in [5.74, 6) is 0. The Bertz CT molecular complexity index is 336. The third-order valence-electron chi connectivity index (χ3n) is 2.74. The highest BCUT2D eigenvalue weighted by atomic mass is 16.3. The van der Waals surface area contributed by atoms with Crippen molar-refractivity contribution in [2.75, 3.05) is 0 Å². The van der Waals surface area contributed by atoms with Gasteiger partial charge in [0.1, 0.15) is 0 Å². The fourth-order valence-corrected chi connectivity index (χ4v) is 1.80. The van der Waals surface area contributed by atoms with E-state index in [1.165, 1.54) is 0 Å². The van der Waals surface area contributed by atoms with Gasteiger partial charge in [-0.05, 0) is 38.2 Å². The Balaban J connectivity index is 2.68. The Labute approximate surface area is 98.5 Å². The maximum atomic E-state index is 10.1. The lowest BCUT2D eigenvalue weighted by atomic mass is 9.89. The molecule has 0 aliphatic heterocycles. The smallest absolute Gasteiger partial charge is 0.0957 e. The van der Waals surface area contributed by atoms with E-state index in [9.17, 15) is 5.11 Å². The molecule has 16 heavy (non-hydrogen) atoms. The fraction of sp³-hybridized carbons (Fsp3) is 0.769. The van der Waals surface area contributed by atoms with E-state index in [2.05, 4.69) is 25.9 Å². The van der Waals surface area contributed by atoms with Gasteiger partial charge in [-0.1, -0.05) is 20.8 Å². The van der Waals surface area contributed by atoms with Crippen LogP contribution in [0, 0.1) is 12.3 Å². The molecule has 1 rings (SSSR count). The Kier molecular flexibility index (Phi) is 4.14. The maximum Gasteiger partial charge on any atom is 0.0957 e. The van der Waals surface area contributed by atoms with E-state index < -0.39 is 0 Å². The van der Waals surface area contributed by atoms with Crippen molar-refractivity contribution < 1.29 is 5.11 Å². The van der Waals surface area contributed by atoms with Crippen molar-refractivity contribution in [3.05, 3.63) is 17.5 Å². The lowest BCUT2D eigenvalue weighted by Gasteiger charge is -2.20. The van der Waals surface area contributed by atoms with Gasteiger partial charge in [-0.3, -0.25) is 4.68 Å². The monoisotopic (exact) mass is 224 g/mol. The number of aliphatic hydroxyl groups excluding tert-OH is 1. The van der Waals surface area contributed by atoms with E-state index in [-0.39, 0.29) is 11.5 Å². The Morgan fingerprint density at radius 1 is 1.44 bits per heavy atom. The standard InChI is InChI=1S/C13H24N2O/c1-6-15-11(9-10(2)14-15)12(16)7-8-13(3,4)5/h9,12,16H,6-8H2,1-5H3. The Morgan fingerprint density at radius 2 is 2.06 bits per heavy atom. The quantitative estimate of drug-likeness (QED) is 0.853. The van der Waals surface area contributed by atoms with Crippen LogP contribution < -0.4 is 0 Å². The zero-order chi connectivity index (χ0) is 12.3. The minimum absolute atomic E-state index is 0.271. The SMILES string of the molecule is CCn1nc(C)cc1C(O)CCC(C)(C)C. The molecule has 0 spiro atoms. The van der Waals surface area contributed by atoms with Gasteiger partial charge in [0, 0.05) is 6.54 Å². The van der Waals surface area contributed by atoms with Crippen LogP contribution in [-0.2, 0) is 6.54 Å². The van der Waals surface area contributed by atoms with Crippen LogP contribution in [0.1, 0.15) is 58.0 Å². The zero-order valence-corrected chi connectivity index (χ0v) is 11.1. The van der Waals surface area contributed by atoms with Crippen molar-refractivity contribution in [3.63, 3.8) is 0 Å². The molecule has 1 atom stereocenters. The molecule has 1 unspecified atom stereocenters. The predicted octanol–water partition coefficient (Wildman–Crippen LogP) is 3.07. The summed E-state index contributed by atoms with van der Waals surface area (Å²) in [5, 5.41) is 14.5. The van der Waals surface area contributed by atoms with Gasteiger partial charge in [0.15, 0.2) is 0 Å². The third kappa shape index (κ3) is 3.63. The van der Waals surface area contributed by atoms with Crippen molar-refractivity contribution in [2.45, 2.75) is 60.1 Å². The second kappa shape index (κ2) is 5.00. The zero-order valence-electron chi connectivity index (χ0n) is 11.1. The first kappa shape index (κ1) is 13.2. The van der Waals surface area contributed by atoms with Crippen LogP contribution >= 0.6 is 0 Å². The summed E-state index contributed by atoms with van der Waals surface area (Å²) in [6, 6.07) is 1.98. The van der Waals surface area contributed by atoms with Crippen LogP contribution in [0.5, 0.6) is 0 Å². The van der Waals surface area contributed by atoms with Gasteiger partial charge in [-0.2, -0.15) is 5.10 Å². The van der Waals surface area contributed by atoms with Crippen molar-refractivity contribution in [1.82, 2.24) is 9.78 Å². The number of hydrogen-bond acceptors (Lipinski definition) is 2. The number of aromatic nitrogens is 2. The Morgan fingerprint density at radius 3 is 2.56 bits per heavy atom. The van der Waals surface area contributed by atoms with E-state index in [1.54, 1.807) is 0 Å². The van der Waals surface area contributed by atoms with Crippen LogP contribution in [0.25, 0.3) is 0 Å². The van der Waals surface area contributed by atoms with Crippen LogP contribution in [0.4, 0.5) is 0 Å². The fourth-order valence-electron chi connectivity index (χ4n) is 1.80. The van der Waals surface area contributed by atoms with Crippen LogP contribution in [-0.4, -0.2) is 14.9 Å². The molecule has 1 heterocycles. The summed E-state index contributed by atoms with van der Waals surface area (Å²) in [6.07, 6.45) is 1.43. The highest BCUT2D eigenvalue weighted by Gasteiger charge is 2.18. The molecule has 0 amide bonds. The molecule has 1 N–H and O–H groups in total. The molecule has 3 heteroatoms. The van der Waals surface area contributed by atoms with Crippen molar-refractivity contribution >= 4 is 0 Å². The van der Waals surface area contributed by atoms with E-state index in [4.69, 9.17) is 0 Å². The lowest BCUT2D eigenvalue weighted by molar-refractivity contribution is 0.138. The molecular weight excluding hydrogens is 200 g/mol. The normalized spacial score (nSPS) is 14.1. The Hall–Kier alpha value is -0.830. The molecule has 0 saturated carbocycles. The number of aryl methyl sites for hydroxylation is 2. The second-order valence-electron chi connectivity index (χ2n) is 5.64. The van der Waals surface area contributed by atoms with Gasteiger partial charge in [-0.15, -0.1) is 0 Å². The van der Waals surface area contributed by atoms with Crippen LogP contribution in [0.15, 0.2) is 6.07 Å². The molecule has 1 aromatic heterocycles. The molecule has 1 aromatic rings. The summed E-state index contributed by atoms with van der Waals surface area (Å²) >= 11 is 0. The maximum absolute atomic E-state index is 10.1. The number of hydrogen-bond donors (Lipinski definition) is 1. The summed E-state index contributed by atoms with van der Waals surface area (Å²) in [4.78, 5) is 0. The van der Waals surface area contributed by atoms with Gasteiger partial charge in [0.05, 0.1) is 17.5 Å². The average molecular weight is 224 g/mol. The highest BCUT2D eigenvalue weighted by molar-refractivity contribution is 5.11. The molecule has 3 nitrogen and oxygen atoms in total. The number of nitrogens with zero attached hydrogens (tertiary/aromatic N) is 2. The van der Waals surface area contributed by atoms with Gasteiger partial charge >= 0.3 is 0 Å². The minimum atomic E-state index is -0.389. The molecule has 92 valence electrons. The molecule has 0 saturated heterocycles. The largest absolute Gasteiger partial charge is 0.387 e. The molecule has 0 fully saturated rings. The second-order valence-corrected chi connectivity index (χ2v) is 5.64. The molecule has 0 aliphatic rings. The summed E-state index contributed by atoms with van der Waals surface area (Å²) in [7, 11) is 0. The lowest BCUT2D eigenvalue weighted by Crippen LogP contribution is -2.12. The topological polar surface area (TPSA) is 38.0 Å². The summed E-state index contributed by atoms with van der Waals surface area (Å²) in [5.41, 5.74) is 2.20. The van der Waals surface area contributed by atoms with Crippen molar-refractivity contribution in [3.8, 4) is 0 Å². The van der Waals surface area contributed by atoms with Gasteiger partial charge in [-0.25, -0.2) is 0 Å². The van der Waals surface area contributed by atoms with Gasteiger partial charge in [0.2, 0.25) is 0 Å². The molecule has 0 aromatic carbocycles. The average Bonchev–Trinajstić information content (AvgIpc) is 2.55. The summed E-state index contributed by atoms with van der Waals surface area (Å²) in [6.45, 7) is 11.4. The molecule has 0 radical (unpaired) electrons. The van der Waals surface area contributed by atoms with E-state index in [1.807, 2.05) is 24.6 Å². The van der Waals surface area contributed by atoms with Crippen molar-refractivity contribution in [2.24, 2.45) is 5.41 Å². The minimum Gasteiger partial charge on any atom is -0.387 e. The first-order valence-corrected chi connectivity index (χ1v) is 6.06. The predicted molar refractivity (Wildman–Crippen MR) is 66.3 cm³/mol. The third-order valence-corrected chi connectivity index (χ3v) is 2.74. The van der Waals surface area contributed by atoms with Gasteiger partial charge < -0.3 is 5.11 Å². The van der Waals surface area contributed by atoms with E-state index in [0.29, 0.717) is 0 Å². The molecule has 0 bridgehead atoms. The summed E-state index contributed by atoms with van der Waals surface area (Å²) < 4.78 is 1.89. The van der Waals surface area contributed by atoms with Crippen molar-refractivity contribution in [1.29, 1.82) is 0 Å². The first-order chi connectivity index (χ1) is 7.33. The van der Waals surface area contributed by atoms with Crippen LogP contribution in [0.3, 0.4) is 0 Å². The highest BCUT2D eigenvalue weighted by Crippen LogP contribution is 2.27. The number of aliphatic hydroxyl groups is 1. The van der Waals surface area contributed by atoms with E-state index in [0.717, 1.165) is 30.8 Å². The molecule has 0 aliphatic carbocycles. The van der Waals surface area contributed by atoms with Gasteiger partial charge in [0.25, 0.3) is 0 Å². The number of rotatable bonds is 4. The van der Waals surface area contributed by atoms with E-state index >= 15 is 0 Å². The molecular formula is C13H24N2O. The van der Waals surface area contributed by atoms with Crippen LogP contribution in [0.2, 0.25) is 0 Å².